The number of urea groups is 1. The summed E-state index contributed by atoms with van der Waals surface area (Å²) in [5, 5.41) is 14.5. The third kappa shape index (κ3) is 4.51. The molecule has 1 aliphatic rings. The lowest BCUT2D eigenvalue weighted by Gasteiger charge is -2.24. The Labute approximate surface area is 202 Å². The first kappa shape index (κ1) is 22.7. The van der Waals surface area contributed by atoms with Gasteiger partial charge in [-0.1, -0.05) is 47.4 Å². The van der Waals surface area contributed by atoms with E-state index in [-0.39, 0.29) is 38.9 Å². The van der Waals surface area contributed by atoms with Crippen LogP contribution < -0.4 is 26.4 Å². The molecule has 12 heteroatoms. The van der Waals surface area contributed by atoms with E-state index in [0.29, 0.717) is 16.1 Å². The number of halogens is 3. The minimum absolute atomic E-state index is 0.0301. The molecule has 4 N–H and O–H groups in total. The van der Waals surface area contributed by atoms with Crippen LogP contribution >= 0.6 is 34.8 Å². The van der Waals surface area contributed by atoms with Crippen molar-refractivity contribution >= 4 is 52.4 Å². The van der Waals surface area contributed by atoms with E-state index in [4.69, 9.17) is 45.3 Å². The molecular formula is C21H15Cl3N6O3. The lowest BCUT2D eigenvalue weighted by atomic mass is 10.1. The molecular weight excluding hydrogens is 491 g/mol. The Hall–Kier alpha value is -3.53. The van der Waals surface area contributed by atoms with Crippen LogP contribution in [-0.2, 0) is 0 Å². The fraction of sp³-hybridized carbons (Fsp3) is 0.0476. The Morgan fingerprint density at radius 1 is 1.06 bits per heavy atom. The second-order valence-corrected chi connectivity index (χ2v) is 8.18. The van der Waals surface area contributed by atoms with Gasteiger partial charge in [-0.3, -0.25) is 4.79 Å². The highest BCUT2D eigenvalue weighted by molar-refractivity contribution is 6.37. The van der Waals surface area contributed by atoms with Gasteiger partial charge >= 0.3 is 6.03 Å². The second kappa shape index (κ2) is 8.78. The van der Waals surface area contributed by atoms with Gasteiger partial charge in [0.1, 0.15) is 0 Å². The van der Waals surface area contributed by atoms with E-state index in [0.717, 1.165) is 10.6 Å². The van der Waals surface area contributed by atoms with E-state index in [1.807, 2.05) is 6.92 Å². The molecule has 2 amide bonds. The fourth-order valence-corrected chi connectivity index (χ4v) is 3.66. The zero-order chi connectivity index (χ0) is 23.9. The normalized spacial score (nSPS) is 13.6. The number of H-pyrrole nitrogens is 1. The van der Waals surface area contributed by atoms with Crippen molar-refractivity contribution < 1.29 is 9.53 Å². The van der Waals surface area contributed by atoms with Gasteiger partial charge in [0.2, 0.25) is 5.88 Å². The predicted molar refractivity (Wildman–Crippen MR) is 128 cm³/mol. The van der Waals surface area contributed by atoms with Crippen LogP contribution in [0, 0.1) is 6.92 Å². The molecule has 0 fully saturated rings. The number of aromatic nitrogens is 2. The molecule has 1 aliphatic heterocycles. The summed E-state index contributed by atoms with van der Waals surface area (Å²) in [6, 6.07) is 8.83. The molecule has 0 atom stereocenters. The van der Waals surface area contributed by atoms with Crippen LogP contribution in [0.25, 0.3) is 11.1 Å². The van der Waals surface area contributed by atoms with Crippen molar-refractivity contribution in [3.05, 3.63) is 79.7 Å². The zero-order valence-electron chi connectivity index (χ0n) is 16.9. The highest BCUT2D eigenvalue weighted by Crippen LogP contribution is 2.41. The van der Waals surface area contributed by atoms with E-state index in [2.05, 4.69) is 27.2 Å². The molecule has 0 spiro atoms. The van der Waals surface area contributed by atoms with Crippen LogP contribution in [0.5, 0.6) is 11.6 Å². The maximum Gasteiger partial charge on any atom is 0.347 e. The van der Waals surface area contributed by atoms with E-state index >= 15 is 0 Å². The summed E-state index contributed by atoms with van der Waals surface area (Å²) in [5.41, 5.74) is 7.61. The number of nitrogens with two attached hydrogens (primary N) is 1. The molecule has 2 heterocycles. The van der Waals surface area contributed by atoms with Gasteiger partial charge in [-0.05, 0) is 42.3 Å². The Bertz CT molecular complexity index is 1380. The number of rotatable bonds is 4. The summed E-state index contributed by atoms with van der Waals surface area (Å²) >= 11 is 18.9. The molecule has 4 rings (SSSR count). The third-order valence-corrected chi connectivity index (χ3v) is 5.62. The number of aromatic amines is 1. The van der Waals surface area contributed by atoms with Gasteiger partial charge in [0, 0.05) is 11.1 Å². The topological polar surface area (TPSA) is 126 Å². The van der Waals surface area contributed by atoms with E-state index in [9.17, 15) is 9.59 Å². The van der Waals surface area contributed by atoms with Crippen molar-refractivity contribution in [2.75, 3.05) is 5.01 Å². The third-order valence-electron chi connectivity index (χ3n) is 4.64. The summed E-state index contributed by atoms with van der Waals surface area (Å²) < 4.78 is 5.89. The molecule has 3 aromatic rings. The van der Waals surface area contributed by atoms with Crippen molar-refractivity contribution in [1.29, 1.82) is 0 Å². The van der Waals surface area contributed by atoms with Crippen molar-refractivity contribution in [2.24, 2.45) is 10.8 Å². The highest BCUT2D eigenvalue weighted by atomic mass is 35.5. The fourth-order valence-electron chi connectivity index (χ4n) is 2.99. The first-order valence-electron chi connectivity index (χ1n) is 9.31. The molecule has 0 bridgehead atoms. The number of amides is 2. The maximum atomic E-state index is 12.3. The lowest BCUT2D eigenvalue weighted by Crippen LogP contribution is -2.45. The SMILES string of the molecule is C=C1NC(=O)N(c2cc(Cl)c(Oc3n[nH]c(=O)cc3-c3ccc(Cl)c(C)c3)c(Cl)c2)N=C1N. The van der Waals surface area contributed by atoms with E-state index in [1.54, 1.807) is 18.2 Å². The number of carbonyl (C=O) groups excluding carboxylic acids is 1. The maximum absolute atomic E-state index is 12.3. The number of ether oxygens (including phenoxy) is 1. The Morgan fingerprint density at radius 3 is 2.42 bits per heavy atom. The first-order valence-corrected chi connectivity index (χ1v) is 10.4. The second-order valence-electron chi connectivity index (χ2n) is 6.96. The molecule has 0 saturated heterocycles. The number of amidine groups is 1. The highest BCUT2D eigenvalue weighted by Gasteiger charge is 2.25. The van der Waals surface area contributed by atoms with Gasteiger partial charge in [-0.2, -0.15) is 5.01 Å². The number of hydrogen-bond acceptors (Lipinski definition) is 6. The van der Waals surface area contributed by atoms with Crippen molar-refractivity contribution in [3.63, 3.8) is 0 Å². The molecule has 0 radical (unpaired) electrons. The average molecular weight is 506 g/mol. The molecule has 9 nitrogen and oxygen atoms in total. The van der Waals surface area contributed by atoms with Gasteiger partial charge in [-0.15, -0.1) is 10.2 Å². The van der Waals surface area contributed by atoms with Crippen LogP contribution in [0.2, 0.25) is 15.1 Å². The molecule has 0 aliphatic carbocycles. The number of hydrazone groups is 1. The van der Waals surface area contributed by atoms with Crippen molar-refractivity contribution in [1.82, 2.24) is 15.5 Å². The predicted octanol–water partition coefficient (Wildman–Crippen LogP) is 4.81. The van der Waals surface area contributed by atoms with E-state index in [1.165, 1.54) is 18.2 Å². The number of aryl methyl sites for hydroxylation is 1. The summed E-state index contributed by atoms with van der Waals surface area (Å²) in [4.78, 5) is 24.2. The largest absolute Gasteiger partial charge is 0.434 e. The van der Waals surface area contributed by atoms with Gasteiger partial charge in [-0.25, -0.2) is 9.89 Å². The summed E-state index contributed by atoms with van der Waals surface area (Å²) in [7, 11) is 0. The van der Waals surface area contributed by atoms with Crippen LogP contribution in [0.3, 0.4) is 0 Å². The minimum atomic E-state index is -0.585. The Balaban J connectivity index is 1.74. The van der Waals surface area contributed by atoms with Gasteiger partial charge in [0.05, 0.1) is 27.0 Å². The monoisotopic (exact) mass is 504 g/mol. The Kier molecular flexibility index (Phi) is 6.03. The summed E-state index contributed by atoms with van der Waals surface area (Å²) in [5.74, 6) is 0.150. The van der Waals surface area contributed by atoms with Gasteiger partial charge in [0.15, 0.2) is 11.6 Å². The average Bonchev–Trinajstić information content (AvgIpc) is 2.76. The van der Waals surface area contributed by atoms with Crippen LogP contribution in [0.15, 0.2) is 58.6 Å². The molecule has 168 valence electrons. The Morgan fingerprint density at radius 2 is 1.76 bits per heavy atom. The zero-order valence-corrected chi connectivity index (χ0v) is 19.2. The molecule has 2 aromatic carbocycles. The van der Waals surface area contributed by atoms with Crippen molar-refractivity contribution in [3.8, 4) is 22.8 Å². The number of benzene rings is 2. The summed E-state index contributed by atoms with van der Waals surface area (Å²) in [6.07, 6.45) is 0. The van der Waals surface area contributed by atoms with Crippen LogP contribution in [0.1, 0.15) is 5.56 Å². The summed E-state index contributed by atoms with van der Waals surface area (Å²) in [6.45, 7) is 5.43. The number of carbonyl (C=O) groups is 1. The number of nitrogens with one attached hydrogen (secondary N) is 2. The van der Waals surface area contributed by atoms with Crippen LogP contribution in [0.4, 0.5) is 10.5 Å². The molecule has 0 unspecified atom stereocenters. The molecule has 1 aromatic heterocycles. The molecule has 33 heavy (non-hydrogen) atoms. The van der Waals surface area contributed by atoms with Crippen molar-refractivity contribution in [2.45, 2.75) is 6.92 Å². The first-order chi connectivity index (χ1) is 15.6. The van der Waals surface area contributed by atoms with E-state index < -0.39 is 11.6 Å². The number of hydrogen-bond donors (Lipinski definition) is 3. The van der Waals surface area contributed by atoms with Gasteiger partial charge in [0.25, 0.3) is 5.56 Å². The molecule has 0 saturated carbocycles. The van der Waals surface area contributed by atoms with Crippen LogP contribution in [-0.4, -0.2) is 22.1 Å². The minimum Gasteiger partial charge on any atom is -0.434 e. The quantitative estimate of drug-likeness (QED) is 0.469. The lowest BCUT2D eigenvalue weighted by molar-refractivity contribution is 0.248. The number of anilines is 1. The van der Waals surface area contributed by atoms with Gasteiger partial charge < -0.3 is 15.8 Å². The smallest absolute Gasteiger partial charge is 0.347 e. The number of nitrogens with zero attached hydrogens (tertiary/aromatic N) is 3. The standard InChI is InChI=1S/C21H15Cl3N6O3/c1-9-5-11(3-4-14(9)22)13-8-17(31)27-28-20(13)33-18-15(23)6-12(7-16(18)24)30-21(32)26-10(2)19(25)29-30/h3-8H,2H2,1H3,(H2,25,29)(H,26,32)(H,27,31).